The van der Waals surface area contributed by atoms with E-state index in [4.69, 9.17) is 5.11 Å². The Hall–Kier alpha value is -3.05. The van der Waals surface area contributed by atoms with E-state index in [1.54, 1.807) is 6.33 Å². The predicted molar refractivity (Wildman–Crippen MR) is 106 cm³/mol. The molecule has 0 aliphatic carbocycles. The van der Waals surface area contributed by atoms with Gasteiger partial charge in [-0.3, -0.25) is 0 Å². The van der Waals surface area contributed by atoms with Gasteiger partial charge in [-0.2, -0.15) is 0 Å². The van der Waals surface area contributed by atoms with Crippen molar-refractivity contribution in [2.24, 2.45) is 0 Å². The van der Waals surface area contributed by atoms with E-state index < -0.39 is 0 Å². The number of carbonyl (C=O) groups is 1. The van der Waals surface area contributed by atoms with Crippen LogP contribution in [0.25, 0.3) is 22.0 Å². The van der Waals surface area contributed by atoms with Gasteiger partial charge in [0.1, 0.15) is 18.4 Å². The second-order valence-corrected chi connectivity index (χ2v) is 5.58. The Balaban J connectivity index is 0.00000117. The van der Waals surface area contributed by atoms with Gasteiger partial charge in [-0.15, -0.1) is 0 Å². The molecule has 0 fully saturated rings. The first-order chi connectivity index (χ1) is 12.8. The number of aliphatic hydroxyl groups is 1. The average Bonchev–Trinajstić information content (AvgIpc) is 2.69. The third kappa shape index (κ3) is 4.74. The number of allylic oxidation sites excluding steroid dienone is 1. The smallest absolute Gasteiger partial charge is 0.141 e. The zero-order valence-electron chi connectivity index (χ0n) is 15.0. The van der Waals surface area contributed by atoms with Crippen molar-refractivity contribution in [3.63, 3.8) is 0 Å². The van der Waals surface area contributed by atoms with E-state index in [9.17, 15) is 4.79 Å². The molecule has 2 aromatic carbocycles. The van der Waals surface area contributed by atoms with Crippen LogP contribution in [0.2, 0.25) is 0 Å². The summed E-state index contributed by atoms with van der Waals surface area (Å²) < 4.78 is 0. The molecule has 3 rings (SSSR count). The number of carbonyl (C=O) groups excluding carboxylic acids is 1. The Labute approximate surface area is 153 Å². The second kappa shape index (κ2) is 10.1. The van der Waals surface area contributed by atoms with Crippen molar-refractivity contribution < 1.29 is 9.90 Å². The summed E-state index contributed by atoms with van der Waals surface area (Å²) in [6.07, 6.45) is 7.47. The van der Waals surface area contributed by atoms with Crippen molar-refractivity contribution in [2.75, 3.05) is 12.4 Å². The zero-order chi connectivity index (χ0) is 18.8. The van der Waals surface area contributed by atoms with Gasteiger partial charge in [-0.25, -0.2) is 9.97 Å². The summed E-state index contributed by atoms with van der Waals surface area (Å²) in [5.41, 5.74) is 4.35. The van der Waals surface area contributed by atoms with E-state index in [0.29, 0.717) is 12.8 Å². The van der Waals surface area contributed by atoms with Crippen LogP contribution in [0.1, 0.15) is 18.4 Å². The van der Waals surface area contributed by atoms with Crippen LogP contribution in [0.4, 0.5) is 5.82 Å². The number of nitrogens with one attached hydrogen (secondary N) is 1. The first-order valence-corrected chi connectivity index (χ1v) is 8.40. The van der Waals surface area contributed by atoms with Crippen molar-refractivity contribution in [1.82, 2.24) is 9.97 Å². The number of nitrogens with zero attached hydrogens (tertiary/aromatic N) is 2. The number of hydrogen-bond donors (Lipinski definition) is 2. The van der Waals surface area contributed by atoms with Gasteiger partial charge in [0.2, 0.25) is 0 Å². The SMILES string of the molecule is CO.Cc1ccc(-c2cccc3ncnc(N/C=C/CCC=O)c23)cc1. The average molecular weight is 349 g/mol. The van der Waals surface area contributed by atoms with Gasteiger partial charge in [-0.1, -0.05) is 48.0 Å². The van der Waals surface area contributed by atoms with Crippen LogP contribution in [-0.2, 0) is 4.79 Å². The van der Waals surface area contributed by atoms with E-state index in [1.807, 2.05) is 24.4 Å². The first-order valence-electron chi connectivity index (χ1n) is 8.40. The molecule has 5 heteroatoms. The minimum Gasteiger partial charge on any atom is -0.400 e. The van der Waals surface area contributed by atoms with Gasteiger partial charge in [0.25, 0.3) is 0 Å². The lowest BCUT2D eigenvalue weighted by atomic mass is 10.00. The summed E-state index contributed by atoms with van der Waals surface area (Å²) in [5.74, 6) is 0.763. The molecule has 0 unspecified atom stereocenters. The molecule has 134 valence electrons. The Morgan fingerprint density at radius 1 is 1.04 bits per heavy atom. The number of anilines is 1. The molecule has 26 heavy (non-hydrogen) atoms. The third-order valence-electron chi connectivity index (χ3n) is 3.81. The topological polar surface area (TPSA) is 75.1 Å². The van der Waals surface area contributed by atoms with Gasteiger partial charge in [0, 0.05) is 13.5 Å². The number of aromatic nitrogens is 2. The van der Waals surface area contributed by atoms with Crippen LogP contribution < -0.4 is 5.32 Å². The summed E-state index contributed by atoms with van der Waals surface area (Å²) >= 11 is 0. The Morgan fingerprint density at radius 3 is 2.54 bits per heavy atom. The molecule has 0 aliphatic heterocycles. The lowest BCUT2D eigenvalue weighted by Gasteiger charge is -2.10. The summed E-state index contributed by atoms with van der Waals surface area (Å²) in [6, 6.07) is 14.5. The normalized spacial score (nSPS) is 10.4. The first kappa shape index (κ1) is 19.3. The maximum atomic E-state index is 10.4. The zero-order valence-corrected chi connectivity index (χ0v) is 15.0. The quantitative estimate of drug-likeness (QED) is 0.517. The fraction of sp³-hybridized carbons (Fsp3) is 0.190. The molecule has 0 atom stereocenters. The number of hydrogen-bond acceptors (Lipinski definition) is 5. The molecule has 2 N–H and O–H groups in total. The second-order valence-electron chi connectivity index (χ2n) is 5.58. The van der Waals surface area contributed by atoms with Crippen LogP contribution in [-0.4, -0.2) is 28.5 Å². The van der Waals surface area contributed by atoms with Crippen LogP contribution >= 0.6 is 0 Å². The molecular weight excluding hydrogens is 326 g/mol. The van der Waals surface area contributed by atoms with Crippen molar-refractivity contribution in [3.05, 3.63) is 66.6 Å². The minimum absolute atomic E-state index is 0.525. The monoisotopic (exact) mass is 349 g/mol. The standard InChI is InChI=1S/C20H19N3O.CH4O/c1-15-8-10-16(11-9-15)17-6-5-7-18-19(17)20(23-14-22-18)21-12-3-2-4-13-24;1-2/h3,5-14H,2,4H2,1H3,(H,21,22,23);2H,1H3/b12-3+;. The molecule has 5 nitrogen and oxygen atoms in total. The number of benzene rings is 2. The summed E-state index contributed by atoms with van der Waals surface area (Å²) in [7, 11) is 1.00. The highest BCUT2D eigenvalue weighted by Crippen LogP contribution is 2.31. The molecule has 0 aliphatic rings. The van der Waals surface area contributed by atoms with Gasteiger partial charge in [0.15, 0.2) is 0 Å². The molecule has 0 spiro atoms. The highest BCUT2D eigenvalue weighted by molar-refractivity contribution is 6.01. The third-order valence-corrected chi connectivity index (χ3v) is 3.81. The fourth-order valence-electron chi connectivity index (χ4n) is 2.58. The van der Waals surface area contributed by atoms with Crippen LogP contribution in [0.5, 0.6) is 0 Å². The van der Waals surface area contributed by atoms with Crippen LogP contribution in [0.3, 0.4) is 0 Å². The van der Waals surface area contributed by atoms with Gasteiger partial charge in [0.05, 0.1) is 10.9 Å². The number of rotatable bonds is 6. The van der Waals surface area contributed by atoms with Crippen LogP contribution in [0, 0.1) is 6.92 Å². The molecule has 0 radical (unpaired) electrons. The van der Waals surface area contributed by atoms with E-state index in [0.717, 1.165) is 41.2 Å². The summed E-state index contributed by atoms with van der Waals surface area (Å²) in [6.45, 7) is 2.08. The Bertz CT molecular complexity index is 869. The van der Waals surface area contributed by atoms with Gasteiger partial charge >= 0.3 is 0 Å². The van der Waals surface area contributed by atoms with Crippen molar-refractivity contribution >= 4 is 23.0 Å². The molecular formula is C21H23N3O2. The highest BCUT2D eigenvalue weighted by atomic mass is 16.2. The predicted octanol–water partition coefficient (Wildman–Crippen LogP) is 4.12. The molecule has 0 bridgehead atoms. The minimum atomic E-state index is 0.525. The Morgan fingerprint density at radius 2 is 1.81 bits per heavy atom. The number of aliphatic hydroxyl groups excluding tert-OH is 1. The fourth-order valence-corrected chi connectivity index (χ4v) is 2.58. The van der Waals surface area contributed by atoms with E-state index in [1.165, 1.54) is 5.56 Å². The largest absolute Gasteiger partial charge is 0.400 e. The van der Waals surface area contributed by atoms with Crippen molar-refractivity contribution in [2.45, 2.75) is 19.8 Å². The molecule has 0 saturated carbocycles. The van der Waals surface area contributed by atoms with Gasteiger partial charge in [-0.05, 0) is 36.7 Å². The summed E-state index contributed by atoms with van der Waals surface area (Å²) in [5, 5.41) is 11.2. The molecule has 1 aromatic heterocycles. The van der Waals surface area contributed by atoms with Crippen molar-refractivity contribution in [3.8, 4) is 11.1 Å². The molecule has 0 amide bonds. The number of aldehydes is 1. The lowest BCUT2D eigenvalue weighted by molar-refractivity contribution is -0.107. The number of fused-ring (bicyclic) bond motifs is 1. The molecule has 3 aromatic rings. The van der Waals surface area contributed by atoms with E-state index in [2.05, 4.69) is 52.5 Å². The molecule has 1 heterocycles. The highest BCUT2D eigenvalue weighted by Gasteiger charge is 2.09. The lowest BCUT2D eigenvalue weighted by Crippen LogP contribution is -1.96. The Kier molecular flexibility index (Phi) is 7.46. The maximum Gasteiger partial charge on any atom is 0.141 e. The van der Waals surface area contributed by atoms with E-state index in [-0.39, 0.29) is 0 Å². The number of unbranched alkanes of at least 4 members (excludes halogenated alkanes) is 1. The van der Waals surface area contributed by atoms with Crippen molar-refractivity contribution in [1.29, 1.82) is 0 Å². The number of aryl methyl sites for hydroxylation is 1. The van der Waals surface area contributed by atoms with E-state index >= 15 is 0 Å². The summed E-state index contributed by atoms with van der Waals surface area (Å²) in [4.78, 5) is 19.1. The maximum absolute atomic E-state index is 10.4. The van der Waals surface area contributed by atoms with Crippen LogP contribution in [0.15, 0.2) is 61.1 Å². The molecule has 0 saturated heterocycles. The van der Waals surface area contributed by atoms with Gasteiger partial charge < -0.3 is 15.2 Å².